The predicted molar refractivity (Wildman–Crippen MR) is 106 cm³/mol. The van der Waals surface area contributed by atoms with Gasteiger partial charge in [0.05, 0.1) is 0 Å². The maximum atomic E-state index is 12.8. The first-order chi connectivity index (χ1) is 13.0. The Morgan fingerprint density at radius 1 is 1.11 bits per heavy atom. The summed E-state index contributed by atoms with van der Waals surface area (Å²) in [5, 5.41) is 2.80. The molecular formula is C19H27N3O4S. The van der Waals surface area contributed by atoms with Crippen molar-refractivity contribution in [3.8, 4) is 5.75 Å². The third-order valence-corrected chi connectivity index (χ3v) is 5.04. The van der Waals surface area contributed by atoms with Crippen molar-refractivity contribution >= 4 is 29.5 Å². The van der Waals surface area contributed by atoms with Gasteiger partial charge in [0.15, 0.2) is 6.61 Å². The van der Waals surface area contributed by atoms with Crippen LogP contribution in [0.2, 0.25) is 0 Å². The number of nitrogens with zero attached hydrogens (tertiary/aromatic N) is 2. The number of hydrogen-bond acceptors (Lipinski definition) is 5. The van der Waals surface area contributed by atoms with Crippen molar-refractivity contribution in [2.24, 2.45) is 0 Å². The summed E-state index contributed by atoms with van der Waals surface area (Å²) in [4.78, 5) is 40.0. The van der Waals surface area contributed by atoms with Crippen LogP contribution < -0.4 is 10.1 Å². The molecule has 0 bridgehead atoms. The van der Waals surface area contributed by atoms with E-state index in [1.54, 1.807) is 33.7 Å². The molecule has 0 spiro atoms. The molecular weight excluding hydrogens is 366 g/mol. The zero-order chi connectivity index (χ0) is 19.6. The van der Waals surface area contributed by atoms with Crippen LogP contribution in [-0.4, -0.2) is 78.4 Å². The fourth-order valence-electron chi connectivity index (χ4n) is 2.86. The van der Waals surface area contributed by atoms with Crippen molar-refractivity contribution in [3.63, 3.8) is 0 Å². The molecule has 27 heavy (non-hydrogen) atoms. The summed E-state index contributed by atoms with van der Waals surface area (Å²) in [5.41, 5.74) is 0. The minimum atomic E-state index is -0.576. The lowest BCUT2D eigenvalue weighted by Gasteiger charge is -2.36. The second-order valence-electron chi connectivity index (χ2n) is 6.33. The zero-order valence-electron chi connectivity index (χ0n) is 15.8. The van der Waals surface area contributed by atoms with Crippen LogP contribution in [0.15, 0.2) is 30.3 Å². The molecule has 1 aromatic carbocycles. The van der Waals surface area contributed by atoms with Crippen molar-refractivity contribution < 1.29 is 19.1 Å². The minimum Gasteiger partial charge on any atom is -0.484 e. The van der Waals surface area contributed by atoms with Gasteiger partial charge in [-0.2, -0.15) is 11.8 Å². The first-order valence-electron chi connectivity index (χ1n) is 9.01. The molecule has 1 fully saturated rings. The molecule has 0 aliphatic carbocycles. The van der Waals surface area contributed by atoms with Gasteiger partial charge in [0.2, 0.25) is 11.8 Å². The van der Waals surface area contributed by atoms with E-state index in [1.165, 1.54) is 6.92 Å². The average molecular weight is 394 g/mol. The largest absolute Gasteiger partial charge is 0.484 e. The highest BCUT2D eigenvalue weighted by Gasteiger charge is 2.29. The number of hydrogen-bond donors (Lipinski definition) is 1. The van der Waals surface area contributed by atoms with Crippen molar-refractivity contribution in [2.45, 2.75) is 19.4 Å². The van der Waals surface area contributed by atoms with E-state index in [2.05, 4.69) is 5.32 Å². The van der Waals surface area contributed by atoms with Gasteiger partial charge in [0, 0.05) is 33.1 Å². The Balaban J connectivity index is 1.88. The number of amides is 3. The molecule has 0 unspecified atom stereocenters. The Hall–Kier alpha value is -2.22. The van der Waals surface area contributed by atoms with Gasteiger partial charge in [-0.3, -0.25) is 14.4 Å². The first kappa shape index (κ1) is 21.1. The maximum Gasteiger partial charge on any atom is 0.258 e. The van der Waals surface area contributed by atoms with Crippen LogP contribution in [0.25, 0.3) is 0 Å². The molecule has 0 radical (unpaired) electrons. The van der Waals surface area contributed by atoms with Gasteiger partial charge < -0.3 is 19.9 Å². The van der Waals surface area contributed by atoms with Crippen LogP contribution in [-0.2, 0) is 14.4 Å². The number of thioether (sulfide) groups is 1. The van der Waals surface area contributed by atoms with Gasteiger partial charge >= 0.3 is 0 Å². The van der Waals surface area contributed by atoms with Crippen LogP contribution >= 0.6 is 11.8 Å². The van der Waals surface area contributed by atoms with Crippen LogP contribution in [0.4, 0.5) is 0 Å². The molecule has 1 N–H and O–H groups in total. The Kier molecular flexibility index (Phi) is 8.44. The summed E-state index contributed by atoms with van der Waals surface area (Å²) in [6.45, 7) is 3.44. The second-order valence-corrected chi connectivity index (χ2v) is 7.32. The molecule has 1 heterocycles. The quantitative estimate of drug-likeness (QED) is 0.713. The standard InChI is InChI=1S/C19H27N3O4S/c1-15(23)21-9-11-22(12-10-21)19(25)17(8-13-27-2)20-18(24)14-26-16-6-4-3-5-7-16/h3-7,17H,8-14H2,1-2H3,(H,20,24)/t17-/m0/s1. The molecule has 2 rings (SSSR count). The Morgan fingerprint density at radius 3 is 2.33 bits per heavy atom. The topological polar surface area (TPSA) is 79.0 Å². The lowest BCUT2D eigenvalue weighted by Crippen LogP contribution is -2.56. The van der Waals surface area contributed by atoms with Gasteiger partial charge in [-0.05, 0) is 30.6 Å². The molecule has 0 aromatic heterocycles. The average Bonchev–Trinajstić information content (AvgIpc) is 2.70. The fourth-order valence-corrected chi connectivity index (χ4v) is 3.33. The van der Waals surface area contributed by atoms with Gasteiger partial charge in [0.25, 0.3) is 5.91 Å². The predicted octanol–water partition coefficient (Wildman–Crippen LogP) is 0.994. The van der Waals surface area contributed by atoms with E-state index in [9.17, 15) is 14.4 Å². The van der Waals surface area contributed by atoms with E-state index in [-0.39, 0.29) is 24.3 Å². The summed E-state index contributed by atoms with van der Waals surface area (Å²) >= 11 is 1.63. The third kappa shape index (κ3) is 6.78. The van der Waals surface area contributed by atoms with E-state index < -0.39 is 6.04 Å². The fraction of sp³-hybridized carbons (Fsp3) is 0.526. The molecule has 1 aliphatic rings. The number of benzene rings is 1. The highest BCUT2D eigenvalue weighted by molar-refractivity contribution is 7.98. The molecule has 148 valence electrons. The summed E-state index contributed by atoms with van der Waals surface area (Å²) in [6.07, 6.45) is 2.53. The monoisotopic (exact) mass is 393 g/mol. The Labute approximate surface area is 164 Å². The molecule has 7 nitrogen and oxygen atoms in total. The van der Waals surface area contributed by atoms with Crippen LogP contribution in [0.1, 0.15) is 13.3 Å². The summed E-state index contributed by atoms with van der Waals surface area (Å²) in [6, 6.07) is 8.51. The van der Waals surface area contributed by atoms with Gasteiger partial charge in [-0.1, -0.05) is 18.2 Å². The van der Waals surface area contributed by atoms with Crippen molar-refractivity contribution in [3.05, 3.63) is 30.3 Å². The lowest BCUT2D eigenvalue weighted by molar-refractivity contribution is -0.141. The molecule has 3 amide bonds. The molecule has 1 aliphatic heterocycles. The van der Waals surface area contributed by atoms with E-state index in [4.69, 9.17) is 4.74 Å². The maximum absolute atomic E-state index is 12.8. The summed E-state index contributed by atoms with van der Waals surface area (Å²) in [7, 11) is 0. The van der Waals surface area contributed by atoms with E-state index >= 15 is 0 Å². The molecule has 8 heteroatoms. The Bertz CT molecular complexity index is 633. The number of piperazine rings is 1. The smallest absolute Gasteiger partial charge is 0.258 e. The van der Waals surface area contributed by atoms with E-state index in [0.717, 1.165) is 5.75 Å². The van der Waals surface area contributed by atoms with Crippen molar-refractivity contribution in [2.75, 3.05) is 44.8 Å². The summed E-state index contributed by atoms with van der Waals surface area (Å²) in [5.74, 6) is 0.984. The number of carbonyl (C=O) groups excluding carboxylic acids is 3. The molecule has 1 aromatic rings. The van der Waals surface area contributed by atoms with E-state index in [1.807, 2.05) is 24.5 Å². The van der Waals surface area contributed by atoms with Crippen LogP contribution in [0.5, 0.6) is 5.75 Å². The second kappa shape index (κ2) is 10.8. The molecule has 1 saturated heterocycles. The molecule has 0 saturated carbocycles. The van der Waals surface area contributed by atoms with Crippen molar-refractivity contribution in [1.29, 1.82) is 0 Å². The number of para-hydroxylation sites is 1. The third-order valence-electron chi connectivity index (χ3n) is 4.39. The highest BCUT2D eigenvalue weighted by Crippen LogP contribution is 2.10. The SMILES string of the molecule is CSCC[C@H](NC(=O)COc1ccccc1)C(=O)N1CCN(C(C)=O)CC1. The van der Waals surface area contributed by atoms with Crippen molar-refractivity contribution in [1.82, 2.24) is 15.1 Å². The van der Waals surface area contributed by atoms with Gasteiger partial charge in [0.1, 0.15) is 11.8 Å². The number of carbonyl (C=O) groups is 3. The van der Waals surface area contributed by atoms with Crippen LogP contribution in [0, 0.1) is 0 Å². The van der Waals surface area contributed by atoms with Gasteiger partial charge in [-0.15, -0.1) is 0 Å². The normalized spacial score (nSPS) is 15.2. The number of rotatable bonds is 8. The highest BCUT2D eigenvalue weighted by atomic mass is 32.2. The van der Waals surface area contributed by atoms with E-state index in [0.29, 0.717) is 38.3 Å². The van der Waals surface area contributed by atoms with Crippen LogP contribution in [0.3, 0.4) is 0 Å². The molecule has 1 atom stereocenters. The van der Waals surface area contributed by atoms with Gasteiger partial charge in [-0.25, -0.2) is 0 Å². The number of nitrogens with one attached hydrogen (secondary N) is 1. The Morgan fingerprint density at radius 2 is 1.74 bits per heavy atom. The summed E-state index contributed by atoms with van der Waals surface area (Å²) < 4.78 is 5.45. The zero-order valence-corrected chi connectivity index (χ0v) is 16.7. The lowest BCUT2D eigenvalue weighted by atomic mass is 10.1. The minimum absolute atomic E-state index is 0.0207. The number of ether oxygens (including phenoxy) is 1. The first-order valence-corrected chi connectivity index (χ1v) is 10.4.